The standard InChI is InChI=1S/C13H14BrF2N3/c1-3-4-19-12(7-14)17-18-13(19)9-5-8(2)10(15)6-11(9)16/h5-6H,3-4,7H2,1-2H3. The molecule has 0 bridgehead atoms. The molecule has 0 radical (unpaired) electrons. The fourth-order valence-electron chi connectivity index (χ4n) is 1.92. The van der Waals surface area contributed by atoms with E-state index in [9.17, 15) is 8.78 Å². The molecule has 0 atom stereocenters. The highest BCUT2D eigenvalue weighted by atomic mass is 79.9. The van der Waals surface area contributed by atoms with E-state index in [0.717, 1.165) is 18.3 Å². The highest BCUT2D eigenvalue weighted by Gasteiger charge is 2.17. The SMILES string of the molecule is CCCn1c(CBr)nnc1-c1cc(C)c(F)cc1F. The van der Waals surface area contributed by atoms with Crippen LogP contribution in [0.3, 0.4) is 0 Å². The minimum atomic E-state index is -0.617. The molecule has 102 valence electrons. The summed E-state index contributed by atoms with van der Waals surface area (Å²) in [5.74, 6) is 0.00706. The molecule has 0 saturated carbocycles. The van der Waals surface area contributed by atoms with Crippen LogP contribution in [0.25, 0.3) is 11.4 Å². The van der Waals surface area contributed by atoms with E-state index in [1.54, 1.807) is 6.92 Å². The third-order valence-corrected chi connectivity index (χ3v) is 3.38. The van der Waals surface area contributed by atoms with Crippen LogP contribution >= 0.6 is 15.9 Å². The predicted molar refractivity (Wildman–Crippen MR) is 73.0 cm³/mol. The van der Waals surface area contributed by atoms with Crippen molar-refractivity contribution in [1.29, 1.82) is 0 Å². The van der Waals surface area contributed by atoms with Gasteiger partial charge in [0.15, 0.2) is 5.82 Å². The molecule has 0 unspecified atom stereocenters. The number of hydrogen-bond donors (Lipinski definition) is 0. The van der Waals surface area contributed by atoms with E-state index < -0.39 is 11.6 Å². The van der Waals surface area contributed by atoms with Crippen molar-refractivity contribution in [2.45, 2.75) is 32.1 Å². The Labute approximate surface area is 118 Å². The summed E-state index contributed by atoms with van der Waals surface area (Å²) < 4.78 is 29.1. The Balaban J connectivity index is 2.58. The maximum Gasteiger partial charge on any atom is 0.166 e. The maximum absolute atomic E-state index is 13.9. The summed E-state index contributed by atoms with van der Waals surface area (Å²) in [6, 6.07) is 2.36. The lowest BCUT2D eigenvalue weighted by Crippen LogP contribution is -2.05. The first kappa shape index (κ1) is 14.1. The van der Waals surface area contributed by atoms with Gasteiger partial charge in [-0.1, -0.05) is 22.9 Å². The lowest BCUT2D eigenvalue weighted by Gasteiger charge is -2.09. The highest BCUT2D eigenvalue weighted by molar-refractivity contribution is 9.08. The molecule has 6 heteroatoms. The number of benzene rings is 1. The number of nitrogens with zero attached hydrogens (tertiary/aromatic N) is 3. The molecule has 0 fully saturated rings. The Morgan fingerprint density at radius 1 is 1.21 bits per heavy atom. The molecule has 1 aromatic heterocycles. The quantitative estimate of drug-likeness (QED) is 0.798. The van der Waals surface area contributed by atoms with E-state index in [4.69, 9.17) is 0 Å². The minimum absolute atomic E-state index is 0.284. The van der Waals surface area contributed by atoms with Crippen molar-refractivity contribution in [3.8, 4) is 11.4 Å². The van der Waals surface area contributed by atoms with E-state index >= 15 is 0 Å². The van der Waals surface area contributed by atoms with Crippen LogP contribution in [-0.2, 0) is 11.9 Å². The van der Waals surface area contributed by atoms with Crippen LogP contribution in [0.15, 0.2) is 12.1 Å². The smallest absolute Gasteiger partial charge is 0.166 e. The largest absolute Gasteiger partial charge is 0.310 e. The van der Waals surface area contributed by atoms with Gasteiger partial charge in [-0.25, -0.2) is 8.78 Å². The van der Waals surface area contributed by atoms with Crippen molar-refractivity contribution in [3.63, 3.8) is 0 Å². The van der Waals surface area contributed by atoms with Crippen LogP contribution in [0, 0.1) is 18.6 Å². The van der Waals surface area contributed by atoms with Crippen LogP contribution in [0.2, 0.25) is 0 Å². The minimum Gasteiger partial charge on any atom is -0.310 e. The molecular formula is C13H14BrF2N3. The number of hydrogen-bond acceptors (Lipinski definition) is 2. The third-order valence-electron chi connectivity index (χ3n) is 2.88. The molecule has 1 aromatic carbocycles. The van der Waals surface area contributed by atoms with Crippen LogP contribution in [0.1, 0.15) is 24.7 Å². The van der Waals surface area contributed by atoms with Gasteiger partial charge in [0.1, 0.15) is 17.5 Å². The maximum atomic E-state index is 13.9. The van der Waals surface area contributed by atoms with Crippen LogP contribution in [0.4, 0.5) is 8.78 Å². The van der Waals surface area contributed by atoms with Crippen molar-refractivity contribution in [3.05, 3.63) is 35.2 Å². The van der Waals surface area contributed by atoms with Crippen molar-refractivity contribution in [2.75, 3.05) is 0 Å². The van der Waals surface area contributed by atoms with E-state index in [2.05, 4.69) is 26.1 Å². The van der Waals surface area contributed by atoms with Crippen molar-refractivity contribution in [1.82, 2.24) is 14.8 Å². The second-order valence-electron chi connectivity index (χ2n) is 4.31. The van der Waals surface area contributed by atoms with Gasteiger partial charge in [-0.3, -0.25) is 0 Å². The Morgan fingerprint density at radius 2 is 1.95 bits per heavy atom. The first-order valence-electron chi connectivity index (χ1n) is 6.02. The Morgan fingerprint density at radius 3 is 2.58 bits per heavy atom. The number of halogens is 3. The van der Waals surface area contributed by atoms with Gasteiger partial charge in [-0.2, -0.15) is 0 Å². The monoisotopic (exact) mass is 329 g/mol. The Bertz CT molecular complexity index is 596. The van der Waals surface area contributed by atoms with E-state index in [1.165, 1.54) is 6.07 Å². The lowest BCUT2D eigenvalue weighted by atomic mass is 10.1. The lowest BCUT2D eigenvalue weighted by molar-refractivity contribution is 0.576. The summed E-state index contributed by atoms with van der Waals surface area (Å²) in [7, 11) is 0. The Kier molecular flexibility index (Phi) is 4.29. The van der Waals surface area contributed by atoms with Crippen LogP contribution in [0.5, 0.6) is 0 Å². The van der Waals surface area contributed by atoms with E-state index in [-0.39, 0.29) is 5.56 Å². The first-order valence-corrected chi connectivity index (χ1v) is 7.14. The molecule has 0 aliphatic carbocycles. The molecule has 19 heavy (non-hydrogen) atoms. The second-order valence-corrected chi connectivity index (χ2v) is 4.87. The van der Waals surface area contributed by atoms with Gasteiger partial charge in [0.25, 0.3) is 0 Å². The molecule has 2 aromatic rings. The summed E-state index contributed by atoms with van der Waals surface area (Å²) in [6.07, 6.45) is 0.882. The molecular weight excluding hydrogens is 316 g/mol. The zero-order valence-corrected chi connectivity index (χ0v) is 12.3. The van der Waals surface area contributed by atoms with Gasteiger partial charge in [0.2, 0.25) is 0 Å². The predicted octanol–water partition coefficient (Wildman–Crippen LogP) is 3.84. The van der Waals surface area contributed by atoms with Gasteiger partial charge in [-0.05, 0) is 25.0 Å². The second kappa shape index (κ2) is 5.77. The molecule has 0 amide bonds. The van der Waals surface area contributed by atoms with Gasteiger partial charge >= 0.3 is 0 Å². The summed E-state index contributed by atoms with van der Waals surface area (Å²) in [6.45, 7) is 4.32. The van der Waals surface area contributed by atoms with Crippen molar-refractivity contribution >= 4 is 15.9 Å². The molecule has 0 aliphatic rings. The highest BCUT2D eigenvalue weighted by Crippen LogP contribution is 2.25. The first-order chi connectivity index (χ1) is 9.08. The van der Waals surface area contributed by atoms with Crippen LogP contribution < -0.4 is 0 Å². The average Bonchev–Trinajstić information content (AvgIpc) is 2.77. The van der Waals surface area contributed by atoms with E-state index in [0.29, 0.717) is 23.3 Å². The zero-order chi connectivity index (χ0) is 14.0. The number of aromatic nitrogens is 3. The number of alkyl halides is 1. The number of aryl methyl sites for hydroxylation is 1. The summed E-state index contributed by atoms with van der Waals surface area (Å²) in [5, 5.41) is 8.60. The molecule has 2 rings (SSSR count). The zero-order valence-electron chi connectivity index (χ0n) is 10.8. The molecule has 1 heterocycles. The fourth-order valence-corrected chi connectivity index (χ4v) is 2.34. The summed E-state index contributed by atoms with van der Waals surface area (Å²) >= 11 is 3.33. The molecule has 0 N–H and O–H groups in total. The van der Waals surface area contributed by atoms with Gasteiger partial charge < -0.3 is 4.57 Å². The topological polar surface area (TPSA) is 30.7 Å². The Hall–Kier alpha value is -1.30. The van der Waals surface area contributed by atoms with Gasteiger partial charge in [0, 0.05) is 12.6 Å². The van der Waals surface area contributed by atoms with E-state index in [1.807, 2.05) is 11.5 Å². The average molecular weight is 330 g/mol. The normalized spacial score (nSPS) is 11.0. The summed E-state index contributed by atoms with van der Waals surface area (Å²) in [4.78, 5) is 0. The summed E-state index contributed by atoms with van der Waals surface area (Å²) in [5.41, 5.74) is 0.676. The van der Waals surface area contributed by atoms with Gasteiger partial charge in [0.05, 0.1) is 10.9 Å². The molecule has 3 nitrogen and oxygen atoms in total. The fraction of sp³-hybridized carbons (Fsp3) is 0.385. The molecule has 0 spiro atoms. The van der Waals surface area contributed by atoms with Crippen molar-refractivity contribution < 1.29 is 8.78 Å². The molecule has 0 saturated heterocycles. The third kappa shape index (κ3) is 2.68. The van der Waals surface area contributed by atoms with Crippen molar-refractivity contribution in [2.24, 2.45) is 0 Å². The number of rotatable bonds is 4. The van der Waals surface area contributed by atoms with Crippen LogP contribution in [-0.4, -0.2) is 14.8 Å². The molecule has 0 aliphatic heterocycles. The van der Waals surface area contributed by atoms with Gasteiger partial charge in [-0.15, -0.1) is 10.2 Å².